The summed E-state index contributed by atoms with van der Waals surface area (Å²) >= 11 is 5.93. The van der Waals surface area contributed by atoms with Gasteiger partial charge in [0.15, 0.2) is 0 Å². The highest BCUT2D eigenvalue weighted by molar-refractivity contribution is 6.30. The van der Waals surface area contributed by atoms with Gasteiger partial charge in [-0.3, -0.25) is 9.59 Å². The summed E-state index contributed by atoms with van der Waals surface area (Å²) in [5.74, 6) is -0.0655. The number of rotatable bonds is 8. The first kappa shape index (κ1) is 17.8. The van der Waals surface area contributed by atoms with Crippen molar-refractivity contribution in [1.82, 2.24) is 5.32 Å². The Labute approximate surface area is 142 Å². The van der Waals surface area contributed by atoms with Gasteiger partial charge in [-0.2, -0.15) is 0 Å². The van der Waals surface area contributed by atoms with Crippen LogP contribution in [0.3, 0.4) is 0 Å². The monoisotopic (exact) mass is 337 g/mol. The van der Waals surface area contributed by atoms with Crippen LogP contribution in [0.5, 0.6) is 0 Å². The Kier molecular flexibility index (Phi) is 6.46. The van der Waals surface area contributed by atoms with E-state index in [1.165, 1.54) is 7.11 Å². The average Bonchev–Trinajstić information content (AvgIpc) is 2.51. The summed E-state index contributed by atoms with van der Waals surface area (Å²) in [6.07, 6.45) is 5.88. The minimum Gasteiger partial charge on any atom is -0.469 e. The number of benzene rings is 1. The number of carbonyl (C=O) groups excluding carboxylic acids is 2. The number of amides is 1. The zero-order chi connectivity index (χ0) is 16.7. The normalized spacial score (nSPS) is 15.6. The van der Waals surface area contributed by atoms with E-state index in [4.69, 9.17) is 11.6 Å². The molecule has 0 aromatic heterocycles. The number of unbranched alkanes of at least 4 members (excludes halogenated alkanes) is 2. The lowest BCUT2D eigenvalue weighted by molar-refractivity contribution is -0.140. The molecule has 1 N–H and O–H groups in total. The molecule has 2 rings (SSSR count). The lowest BCUT2D eigenvalue weighted by atomic mass is 9.64. The number of hydrogen-bond donors (Lipinski definition) is 1. The van der Waals surface area contributed by atoms with Crippen LogP contribution in [0.25, 0.3) is 0 Å². The van der Waals surface area contributed by atoms with Crippen molar-refractivity contribution in [2.75, 3.05) is 13.7 Å². The van der Waals surface area contributed by atoms with Crippen LogP contribution in [0.4, 0.5) is 0 Å². The molecule has 1 aromatic carbocycles. The van der Waals surface area contributed by atoms with E-state index in [1.807, 2.05) is 24.3 Å². The summed E-state index contributed by atoms with van der Waals surface area (Å²) in [4.78, 5) is 23.6. The van der Waals surface area contributed by atoms with Crippen LogP contribution in [0, 0.1) is 0 Å². The predicted molar refractivity (Wildman–Crippen MR) is 90.5 cm³/mol. The van der Waals surface area contributed by atoms with Crippen LogP contribution < -0.4 is 5.32 Å². The lowest BCUT2D eigenvalue weighted by Gasteiger charge is -2.40. The third-order valence-electron chi connectivity index (χ3n) is 4.61. The van der Waals surface area contributed by atoms with Gasteiger partial charge in [-0.05, 0) is 43.4 Å². The van der Waals surface area contributed by atoms with Crippen molar-refractivity contribution in [3.63, 3.8) is 0 Å². The zero-order valence-corrected chi connectivity index (χ0v) is 14.3. The number of hydrogen-bond acceptors (Lipinski definition) is 3. The first-order chi connectivity index (χ1) is 11.1. The summed E-state index contributed by atoms with van der Waals surface area (Å²) in [6.45, 7) is 0.648. The van der Waals surface area contributed by atoms with Crippen LogP contribution >= 0.6 is 11.6 Å². The zero-order valence-electron chi connectivity index (χ0n) is 13.6. The molecule has 0 saturated heterocycles. The number of methoxy groups -OCH3 is 1. The van der Waals surface area contributed by atoms with Gasteiger partial charge in [-0.25, -0.2) is 0 Å². The first-order valence-electron chi connectivity index (χ1n) is 8.20. The highest BCUT2D eigenvalue weighted by Crippen LogP contribution is 2.44. The fourth-order valence-electron chi connectivity index (χ4n) is 2.99. The molecule has 1 aliphatic rings. The third kappa shape index (κ3) is 4.47. The van der Waals surface area contributed by atoms with E-state index in [0.717, 1.165) is 44.1 Å². The Balaban J connectivity index is 1.77. The second kappa shape index (κ2) is 8.34. The number of esters is 1. The quantitative estimate of drug-likeness (QED) is 0.582. The Morgan fingerprint density at radius 3 is 2.43 bits per heavy atom. The van der Waals surface area contributed by atoms with E-state index in [-0.39, 0.29) is 17.3 Å². The molecular weight excluding hydrogens is 314 g/mol. The number of halogens is 1. The van der Waals surface area contributed by atoms with Gasteiger partial charge in [0, 0.05) is 18.0 Å². The van der Waals surface area contributed by atoms with Crippen molar-refractivity contribution < 1.29 is 14.3 Å². The van der Waals surface area contributed by atoms with E-state index in [0.29, 0.717) is 18.0 Å². The smallest absolute Gasteiger partial charge is 0.305 e. The van der Waals surface area contributed by atoms with Crippen molar-refractivity contribution in [3.8, 4) is 0 Å². The number of carbonyl (C=O) groups is 2. The molecule has 1 amide bonds. The van der Waals surface area contributed by atoms with Gasteiger partial charge in [0.25, 0.3) is 0 Å². The molecule has 0 heterocycles. The molecule has 1 saturated carbocycles. The van der Waals surface area contributed by atoms with Crippen LogP contribution in [-0.4, -0.2) is 25.5 Å². The Morgan fingerprint density at radius 1 is 1.17 bits per heavy atom. The van der Waals surface area contributed by atoms with Crippen molar-refractivity contribution in [2.24, 2.45) is 0 Å². The van der Waals surface area contributed by atoms with Gasteiger partial charge in [0.1, 0.15) is 0 Å². The third-order valence-corrected chi connectivity index (χ3v) is 4.86. The maximum absolute atomic E-state index is 12.6. The molecule has 1 aromatic rings. The van der Waals surface area contributed by atoms with Gasteiger partial charge in [0.05, 0.1) is 12.5 Å². The second-order valence-electron chi connectivity index (χ2n) is 6.09. The minimum atomic E-state index is -0.378. The molecule has 23 heavy (non-hydrogen) atoms. The van der Waals surface area contributed by atoms with E-state index in [2.05, 4.69) is 10.1 Å². The summed E-state index contributed by atoms with van der Waals surface area (Å²) in [5, 5.41) is 3.74. The van der Waals surface area contributed by atoms with Gasteiger partial charge < -0.3 is 10.1 Å². The number of ether oxygens (including phenoxy) is 1. The van der Waals surface area contributed by atoms with Crippen LogP contribution in [-0.2, 0) is 19.7 Å². The summed E-state index contributed by atoms with van der Waals surface area (Å²) < 4.78 is 4.60. The Morgan fingerprint density at radius 2 is 1.87 bits per heavy atom. The van der Waals surface area contributed by atoms with Crippen molar-refractivity contribution in [3.05, 3.63) is 34.9 Å². The molecule has 5 heteroatoms. The molecule has 0 bridgehead atoms. The molecule has 0 atom stereocenters. The molecule has 0 aliphatic heterocycles. The standard InChI is InChI=1S/C18H24ClNO3/c1-23-16(21)6-3-2-4-13-20-17(22)18(11-5-12-18)14-7-9-15(19)10-8-14/h7-10H,2-6,11-13H2,1H3,(H,20,22). The maximum atomic E-state index is 12.6. The van der Waals surface area contributed by atoms with Crippen LogP contribution in [0.1, 0.15) is 50.5 Å². The first-order valence-corrected chi connectivity index (χ1v) is 8.57. The summed E-state index contributed by atoms with van der Waals surface area (Å²) in [6, 6.07) is 7.60. The SMILES string of the molecule is COC(=O)CCCCCNC(=O)C1(c2ccc(Cl)cc2)CCC1. The molecular formula is C18H24ClNO3. The topological polar surface area (TPSA) is 55.4 Å². The maximum Gasteiger partial charge on any atom is 0.305 e. The highest BCUT2D eigenvalue weighted by atomic mass is 35.5. The fraction of sp³-hybridized carbons (Fsp3) is 0.556. The van der Waals surface area contributed by atoms with Crippen LogP contribution in [0.15, 0.2) is 24.3 Å². The van der Waals surface area contributed by atoms with Gasteiger partial charge in [0.2, 0.25) is 5.91 Å². The molecule has 1 aliphatic carbocycles. The molecule has 1 fully saturated rings. The Hall–Kier alpha value is -1.55. The lowest BCUT2D eigenvalue weighted by Crippen LogP contribution is -2.49. The molecule has 0 spiro atoms. The van der Waals surface area contributed by atoms with Crippen molar-refractivity contribution >= 4 is 23.5 Å². The minimum absolute atomic E-state index is 0.110. The highest BCUT2D eigenvalue weighted by Gasteiger charge is 2.45. The summed E-state index contributed by atoms with van der Waals surface area (Å²) in [5.41, 5.74) is 0.674. The van der Waals surface area contributed by atoms with E-state index >= 15 is 0 Å². The predicted octanol–water partition coefficient (Wildman–Crippen LogP) is 3.61. The van der Waals surface area contributed by atoms with E-state index in [9.17, 15) is 9.59 Å². The number of nitrogens with one attached hydrogen (secondary N) is 1. The molecule has 4 nitrogen and oxygen atoms in total. The Bertz CT molecular complexity index is 538. The van der Waals surface area contributed by atoms with Gasteiger partial charge in [-0.1, -0.05) is 36.6 Å². The van der Waals surface area contributed by atoms with Gasteiger partial charge >= 0.3 is 5.97 Å². The van der Waals surface area contributed by atoms with E-state index in [1.54, 1.807) is 0 Å². The fourth-order valence-corrected chi connectivity index (χ4v) is 3.12. The van der Waals surface area contributed by atoms with Crippen molar-refractivity contribution in [1.29, 1.82) is 0 Å². The van der Waals surface area contributed by atoms with Gasteiger partial charge in [-0.15, -0.1) is 0 Å². The largest absolute Gasteiger partial charge is 0.469 e. The van der Waals surface area contributed by atoms with Crippen molar-refractivity contribution in [2.45, 2.75) is 50.4 Å². The average molecular weight is 338 g/mol. The molecule has 0 radical (unpaired) electrons. The second-order valence-corrected chi connectivity index (χ2v) is 6.52. The van der Waals surface area contributed by atoms with Crippen LogP contribution in [0.2, 0.25) is 5.02 Å². The molecule has 0 unspecified atom stereocenters. The summed E-state index contributed by atoms with van der Waals surface area (Å²) in [7, 11) is 1.40. The molecule has 126 valence electrons. The van der Waals surface area contributed by atoms with E-state index < -0.39 is 0 Å².